The van der Waals surface area contributed by atoms with E-state index in [2.05, 4.69) is 20.4 Å². The van der Waals surface area contributed by atoms with Crippen molar-refractivity contribution in [2.24, 2.45) is 11.8 Å². The van der Waals surface area contributed by atoms with Crippen molar-refractivity contribution in [1.29, 1.82) is 0 Å². The Morgan fingerprint density at radius 3 is 2.68 bits per heavy atom. The number of esters is 2. The van der Waals surface area contributed by atoms with Gasteiger partial charge in [0.05, 0.1) is 12.5 Å². The second kappa shape index (κ2) is 7.31. The van der Waals surface area contributed by atoms with Gasteiger partial charge in [0.25, 0.3) is 0 Å². The second-order valence-electron chi connectivity index (χ2n) is 5.67. The summed E-state index contributed by atoms with van der Waals surface area (Å²) in [7, 11) is 0. The molecule has 0 spiro atoms. The molecule has 2 atom stereocenters. The Morgan fingerprint density at radius 1 is 1.53 bits per heavy atom. The van der Waals surface area contributed by atoms with Gasteiger partial charge in [0.2, 0.25) is 0 Å². The van der Waals surface area contributed by atoms with E-state index in [-0.39, 0.29) is 24.0 Å². The van der Waals surface area contributed by atoms with Gasteiger partial charge in [0.15, 0.2) is 0 Å². The van der Waals surface area contributed by atoms with Crippen LogP contribution in [-0.4, -0.2) is 24.6 Å². The summed E-state index contributed by atoms with van der Waals surface area (Å²) in [6.07, 6.45) is 2.87. The summed E-state index contributed by atoms with van der Waals surface area (Å²) < 4.78 is 10.4. The highest BCUT2D eigenvalue weighted by atomic mass is 16.5. The van der Waals surface area contributed by atoms with Gasteiger partial charge < -0.3 is 9.47 Å². The number of carbonyl (C=O) groups is 2. The Kier molecular flexibility index (Phi) is 6.06. The summed E-state index contributed by atoms with van der Waals surface area (Å²) in [5.41, 5.74) is 0.411. The molecule has 108 valence electrons. The van der Waals surface area contributed by atoms with Crippen molar-refractivity contribution in [3.05, 3.63) is 12.2 Å². The molecule has 1 rings (SSSR count). The molecule has 4 heteroatoms. The summed E-state index contributed by atoms with van der Waals surface area (Å²) in [4.78, 5) is 23.0. The molecule has 0 aromatic rings. The first-order valence-electron chi connectivity index (χ1n) is 6.93. The topological polar surface area (TPSA) is 52.6 Å². The van der Waals surface area contributed by atoms with Crippen LogP contribution in [0.2, 0.25) is 0 Å². The molecule has 1 fully saturated rings. The van der Waals surface area contributed by atoms with Crippen LogP contribution in [0.3, 0.4) is 0 Å². The highest BCUT2D eigenvalue weighted by Gasteiger charge is 2.28. The molecule has 0 amide bonds. The molecule has 0 aromatic carbocycles. The third-order valence-corrected chi connectivity index (χ3v) is 3.24. The van der Waals surface area contributed by atoms with Crippen LogP contribution in [0.25, 0.3) is 0 Å². The van der Waals surface area contributed by atoms with E-state index in [9.17, 15) is 9.59 Å². The van der Waals surface area contributed by atoms with Crippen LogP contribution in [0.1, 0.15) is 46.5 Å². The second-order valence-corrected chi connectivity index (χ2v) is 5.67. The van der Waals surface area contributed by atoms with E-state index in [1.807, 2.05) is 0 Å². The van der Waals surface area contributed by atoms with E-state index in [1.54, 1.807) is 6.92 Å². The summed E-state index contributed by atoms with van der Waals surface area (Å²) in [6.45, 7) is 9.93. The zero-order valence-electron chi connectivity index (χ0n) is 12.1. The molecule has 4 nitrogen and oxygen atoms in total. The van der Waals surface area contributed by atoms with E-state index < -0.39 is 0 Å². The highest BCUT2D eigenvalue weighted by molar-refractivity contribution is 5.87. The molecule has 0 aromatic heterocycles. The van der Waals surface area contributed by atoms with Gasteiger partial charge in [0.1, 0.15) is 6.10 Å². The van der Waals surface area contributed by atoms with Gasteiger partial charge in [0, 0.05) is 5.57 Å². The van der Waals surface area contributed by atoms with E-state index in [0.717, 1.165) is 19.3 Å². The Hall–Kier alpha value is -1.32. The van der Waals surface area contributed by atoms with Crippen LogP contribution in [0.15, 0.2) is 12.2 Å². The fraction of sp³-hybridized carbons (Fsp3) is 0.733. The fourth-order valence-electron chi connectivity index (χ4n) is 2.19. The average molecular weight is 268 g/mol. The smallest absolute Gasteiger partial charge is 0.333 e. The Bertz CT molecular complexity index is 346. The quantitative estimate of drug-likeness (QED) is 0.526. The molecule has 0 radical (unpaired) electrons. The van der Waals surface area contributed by atoms with Crippen molar-refractivity contribution in [2.45, 2.75) is 52.6 Å². The first kappa shape index (κ1) is 15.7. The van der Waals surface area contributed by atoms with E-state index in [0.29, 0.717) is 24.5 Å². The number of hydrogen-bond acceptors (Lipinski definition) is 4. The SMILES string of the molecule is C=C(C)C(=O)OC(CCC1CCOC1=O)CC(C)C. The van der Waals surface area contributed by atoms with E-state index >= 15 is 0 Å². The van der Waals surface area contributed by atoms with Crippen molar-refractivity contribution < 1.29 is 19.1 Å². The largest absolute Gasteiger partial charge is 0.465 e. The number of cyclic esters (lactones) is 1. The third-order valence-electron chi connectivity index (χ3n) is 3.24. The molecule has 1 saturated heterocycles. The minimum absolute atomic E-state index is 0.0295. The first-order chi connectivity index (χ1) is 8.90. The summed E-state index contributed by atoms with van der Waals surface area (Å²) in [5, 5.41) is 0. The van der Waals surface area contributed by atoms with Crippen LogP contribution in [-0.2, 0) is 19.1 Å². The maximum absolute atomic E-state index is 11.6. The molecular formula is C15H24O4. The molecule has 19 heavy (non-hydrogen) atoms. The monoisotopic (exact) mass is 268 g/mol. The van der Waals surface area contributed by atoms with Crippen LogP contribution in [0, 0.1) is 11.8 Å². The standard InChI is InChI=1S/C15H24O4/c1-10(2)9-13(19-14(16)11(3)4)6-5-12-7-8-18-15(12)17/h10,12-13H,3,5-9H2,1-2,4H3. The predicted molar refractivity (Wildman–Crippen MR) is 72.4 cm³/mol. The summed E-state index contributed by atoms with van der Waals surface area (Å²) >= 11 is 0. The lowest BCUT2D eigenvalue weighted by Gasteiger charge is -2.20. The lowest BCUT2D eigenvalue weighted by Crippen LogP contribution is -2.22. The Labute approximate surface area is 115 Å². The minimum Gasteiger partial charge on any atom is -0.465 e. The average Bonchev–Trinajstić information content (AvgIpc) is 2.70. The van der Waals surface area contributed by atoms with E-state index in [4.69, 9.17) is 9.47 Å². The number of rotatable bonds is 7. The van der Waals surface area contributed by atoms with Gasteiger partial charge in [-0.15, -0.1) is 0 Å². The first-order valence-corrected chi connectivity index (χ1v) is 6.93. The molecule has 1 aliphatic rings. The van der Waals surface area contributed by atoms with Gasteiger partial charge in [-0.25, -0.2) is 4.79 Å². The van der Waals surface area contributed by atoms with Gasteiger partial charge in [-0.3, -0.25) is 4.79 Å². The van der Waals surface area contributed by atoms with Gasteiger partial charge in [-0.1, -0.05) is 20.4 Å². The Morgan fingerprint density at radius 2 is 2.21 bits per heavy atom. The van der Waals surface area contributed by atoms with Crippen LogP contribution < -0.4 is 0 Å². The zero-order valence-corrected chi connectivity index (χ0v) is 12.1. The van der Waals surface area contributed by atoms with Crippen LogP contribution >= 0.6 is 0 Å². The van der Waals surface area contributed by atoms with Crippen molar-refractivity contribution in [1.82, 2.24) is 0 Å². The maximum Gasteiger partial charge on any atom is 0.333 e. The normalized spacial score (nSPS) is 20.2. The number of ether oxygens (including phenoxy) is 2. The molecule has 0 aliphatic carbocycles. The lowest BCUT2D eigenvalue weighted by atomic mass is 9.95. The fourth-order valence-corrected chi connectivity index (χ4v) is 2.19. The molecule has 1 aliphatic heterocycles. The molecular weight excluding hydrogens is 244 g/mol. The molecule has 0 N–H and O–H groups in total. The van der Waals surface area contributed by atoms with Crippen molar-refractivity contribution >= 4 is 11.9 Å². The van der Waals surface area contributed by atoms with Gasteiger partial charge in [-0.2, -0.15) is 0 Å². The van der Waals surface area contributed by atoms with Crippen molar-refractivity contribution in [3.8, 4) is 0 Å². The zero-order chi connectivity index (χ0) is 14.4. The minimum atomic E-state index is -0.348. The lowest BCUT2D eigenvalue weighted by molar-refractivity contribution is -0.145. The third kappa shape index (κ3) is 5.45. The molecule has 1 heterocycles. The van der Waals surface area contributed by atoms with Crippen LogP contribution in [0.5, 0.6) is 0 Å². The number of hydrogen-bond donors (Lipinski definition) is 0. The predicted octanol–water partition coefficient (Wildman–Crippen LogP) is 2.86. The number of carbonyl (C=O) groups excluding carboxylic acids is 2. The molecule has 0 saturated carbocycles. The molecule has 2 unspecified atom stereocenters. The Balaban J connectivity index is 2.46. The summed E-state index contributed by atoms with van der Waals surface area (Å²) in [5.74, 6) is -0.0502. The van der Waals surface area contributed by atoms with Crippen molar-refractivity contribution in [2.75, 3.05) is 6.61 Å². The molecule has 0 bridgehead atoms. The van der Waals surface area contributed by atoms with Gasteiger partial charge >= 0.3 is 11.9 Å². The summed E-state index contributed by atoms with van der Waals surface area (Å²) in [6, 6.07) is 0. The van der Waals surface area contributed by atoms with E-state index in [1.165, 1.54) is 0 Å². The van der Waals surface area contributed by atoms with Crippen LogP contribution in [0.4, 0.5) is 0 Å². The van der Waals surface area contributed by atoms with Gasteiger partial charge in [-0.05, 0) is 38.5 Å². The van der Waals surface area contributed by atoms with Crippen molar-refractivity contribution in [3.63, 3.8) is 0 Å². The maximum atomic E-state index is 11.6. The highest BCUT2D eigenvalue weighted by Crippen LogP contribution is 2.23.